The zero-order valence-corrected chi connectivity index (χ0v) is 12.2. The highest BCUT2D eigenvalue weighted by atomic mass is 16.2. The van der Waals surface area contributed by atoms with E-state index in [0.717, 1.165) is 22.3 Å². The van der Waals surface area contributed by atoms with Gasteiger partial charge in [-0.25, -0.2) is 5.43 Å². The van der Waals surface area contributed by atoms with Crippen LogP contribution in [0.4, 0.5) is 0 Å². The van der Waals surface area contributed by atoms with Crippen molar-refractivity contribution in [3.8, 4) is 0 Å². The Labute approximate surface area is 124 Å². The highest BCUT2D eigenvalue weighted by Crippen LogP contribution is 2.09. The number of nitrogens with two attached hydrogens (primary N) is 1. The molecule has 0 spiro atoms. The van der Waals surface area contributed by atoms with Gasteiger partial charge < -0.3 is 5.73 Å². The third-order valence-electron chi connectivity index (χ3n) is 3.07. The number of nitrogens with one attached hydrogen (secondary N) is 1. The molecule has 0 aliphatic heterocycles. The van der Waals surface area contributed by atoms with E-state index in [0.29, 0.717) is 0 Å². The van der Waals surface area contributed by atoms with Crippen LogP contribution in [0.5, 0.6) is 0 Å². The van der Waals surface area contributed by atoms with Crippen molar-refractivity contribution in [2.75, 3.05) is 0 Å². The van der Waals surface area contributed by atoms with Crippen molar-refractivity contribution >= 4 is 12.1 Å². The van der Waals surface area contributed by atoms with Crippen molar-refractivity contribution in [2.24, 2.45) is 10.8 Å². The van der Waals surface area contributed by atoms with E-state index in [4.69, 9.17) is 5.73 Å². The van der Waals surface area contributed by atoms with Crippen molar-refractivity contribution < 1.29 is 4.79 Å². The van der Waals surface area contributed by atoms with E-state index in [1.807, 2.05) is 56.3 Å². The van der Waals surface area contributed by atoms with Gasteiger partial charge in [0.25, 0.3) is 5.91 Å². The van der Waals surface area contributed by atoms with Crippen molar-refractivity contribution in [1.82, 2.24) is 5.43 Å². The minimum Gasteiger partial charge on any atom is -0.316 e. The summed E-state index contributed by atoms with van der Waals surface area (Å²) in [6.45, 7) is 4.04. The molecule has 0 heterocycles. The first kappa shape index (κ1) is 14.9. The van der Waals surface area contributed by atoms with E-state index >= 15 is 0 Å². The van der Waals surface area contributed by atoms with Crippen LogP contribution in [0.2, 0.25) is 0 Å². The Morgan fingerprint density at radius 2 is 1.76 bits per heavy atom. The maximum atomic E-state index is 11.9. The van der Waals surface area contributed by atoms with Crippen molar-refractivity contribution in [3.63, 3.8) is 0 Å². The molecule has 108 valence electrons. The molecule has 2 aromatic rings. The van der Waals surface area contributed by atoms with E-state index in [2.05, 4.69) is 16.6 Å². The van der Waals surface area contributed by atoms with E-state index < -0.39 is 6.04 Å². The molecule has 1 atom stereocenters. The Morgan fingerprint density at radius 3 is 2.38 bits per heavy atom. The van der Waals surface area contributed by atoms with Gasteiger partial charge in [0.2, 0.25) is 0 Å². The summed E-state index contributed by atoms with van der Waals surface area (Å²) in [5.41, 5.74) is 12.4. The Hall–Kier alpha value is -2.46. The molecule has 0 bridgehead atoms. The Bertz CT molecular complexity index is 630. The molecule has 3 N–H and O–H groups in total. The molecule has 4 heteroatoms. The van der Waals surface area contributed by atoms with E-state index in [-0.39, 0.29) is 5.91 Å². The number of hydrogen-bond acceptors (Lipinski definition) is 3. The van der Waals surface area contributed by atoms with Gasteiger partial charge in [0.05, 0.1) is 6.21 Å². The van der Waals surface area contributed by atoms with Crippen molar-refractivity contribution in [3.05, 3.63) is 70.8 Å². The number of carbonyl (C=O) groups excluding carboxylic acids is 1. The lowest BCUT2D eigenvalue weighted by Gasteiger charge is -2.09. The minimum absolute atomic E-state index is 0.332. The summed E-state index contributed by atoms with van der Waals surface area (Å²) in [5.74, 6) is -0.332. The fraction of sp³-hybridized carbons (Fsp3) is 0.176. The first-order chi connectivity index (χ1) is 10.1. The topological polar surface area (TPSA) is 67.5 Å². The molecule has 0 saturated heterocycles. The average molecular weight is 281 g/mol. The monoisotopic (exact) mass is 281 g/mol. The summed E-state index contributed by atoms with van der Waals surface area (Å²) in [4.78, 5) is 11.9. The molecule has 1 unspecified atom stereocenters. The SMILES string of the molecule is Cc1cc(C)cc(/C=N/NC(=O)C(N)c2ccccc2)c1. The van der Waals surface area contributed by atoms with Gasteiger partial charge in [0.1, 0.15) is 6.04 Å². The second kappa shape index (κ2) is 6.81. The van der Waals surface area contributed by atoms with Crippen LogP contribution < -0.4 is 11.2 Å². The van der Waals surface area contributed by atoms with Crippen LogP contribution in [0.1, 0.15) is 28.3 Å². The van der Waals surface area contributed by atoms with Gasteiger partial charge in [-0.05, 0) is 25.0 Å². The molecule has 0 aromatic heterocycles. The zero-order valence-electron chi connectivity index (χ0n) is 12.2. The van der Waals surface area contributed by atoms with Crippen molar-refractivity contribution in [2.45, 2.75) is 19.9 Å². The lowest BCUT2D eigenvalue weighted by molar-refractivity contribution is -0.122. The Kier molecular flexibility index (Phi) is 4.85. The van der Waals surface area contributed by atoms with Gasteiger partial charge >= 0.3 is 0 Å². The number of nitrogens with zero attached hydrogens (tertiary/aromatic N) is 1. The number of carbonyl (C=O) groups is 1. The molecule has 2 aromatic carbocycles. The number of benzene rings is 2. The van der Waals surface area contributed by atoms with Crippen LogP contribution in [-0.4, -0.2) is 12.1 Å². The predicted molar refractivity (Wildman–Crippen MR) is 85.0 cm³/mol. The second-order valence-electron chi connectivity index (χ2n) is 5.04. The Morgan fingerprint density at radius 1 is 1.14 bits per heavy atom. The van der Waals surface area contributed by atoms with Gasteiger partial charge in [-0.15, -0.1) is 0 Å². The molecule has 0 aliphatic carbocycles. The van der Waals surface area contributed by atoms with Crippen LogP contribution in [0.3, 0.4) is 0 Å². The molecule has 0 fully saturated rings. The maximum Gasteiger partial charge on any atom is 0.261 e. The zero-order chi connectivity index (χ0) is 15.2. The average Bonchev–Trinajstić information content (AvgIpc) is 2.46. The standard InChI is InChI=1S/C17H19N3O/c1-12-8-13(2)10-14(9-12)11-19-20-17(21)16(18)15-6-4-3-5-7-15/h3-11,16H,18H2,1-2H3,(H,20,21)/b19-11+. The molecular formula is C17H19N3O. The quantitative estimate of drug-likeness (QED) is 0.667. The third-order valence-corrected chi connectivity index (χ3v) is 3.07. The summed E-state index contributed by atoms with van der Waals surface area (Å²) in [5, 5.41) is 3.97. The fourth-order valence-corrected chi connectivity index (χ4v) is 2.14. The summed E-state index contributed by atoms with van der Waals surface area (Å²) in [6, 6.07) is 14.6. The minimum atomic E-state index is -0.720. The molecule has 4 nitrogen and oxygen atoms in total. The van der Waals surface area contributed by atoms with E-state index in [1.165, 1.54) is 0 Å². The summed E-state index contributed by atoms with van der Waals surface area (Å²) in [6.07, 6.45) is 1.62. The molecule has 1 amide bonds. The Balaban J connectivity index is 1.99. The number of aryl methyl sites for hydroxylation is 2. The highest BCUT2D eigenvalue weighted by Gasteiger charge is 2.14. The molecule has 0 aliphatic rings. The number of amides is 1. The van der Waals surface area contributed by atoms with Crippen LogP contribution in [0, 0.1) is 13.8 Å². The van der Waals surface area contributed by atoms with Gasteiger partial charge in [0.15, 0.2) is 0 Å². The van der Waals surface area contributed by atoms with Crippen LogP contribution in [0.25, 0.3) is 0 Å². The van der Waals surface area contributed by atoms with E-state index in [1.54, 1.807) is 6.21 Å². The van der Waals surface area contributed by atoms with Crippen LogP contribution in [-0.2, 0) is 4.79 Å². The summed E-state index contributed by atoms with van der Waals surface area (Å²) >= 11 is 0. The molecule has 2 rings (SSSR count). The van der Waals surface area contributed by atoms with Gasteiger partial charge in [-0.3, -0.25) is 4.79 Å². The smallest absolute Gasteiger partial charge is 0.261 e. The maximum absolute atomic E-state index is 11.9. The predicted octanol–water partition coefficient (Wildman–Crippen LogP) is 2.45. The largest absolute Gasteiger partial charge is 0.316 e. The van der Waals surface area contributed by atoms with Gasteiger partial charge in [-0.1, -0.05) is 59.7 Å². The lowest BCUT2D eigenvalue weighted by Crippen LogP contribution is -2.31. The molecule has 0 saturated carbocycles. The first-order valence-corrected chi connectivity index (χ1v) is 6.78. The third kappa shape index (κ3) is 4.26. The van der Waals surface area contributed by atoms with Crippen LogP contribution in [0.15, 0.2) is 53.6 Å². The number of hydrogen-bond donors (Lipinski definition) is 2. The molecular weight excluding hydrogens is 262 g/mol. The van der Waals surface area contributed by atoms with Gasteiger partial charge in [-0.2, -0.15) is 5.10 Å². The number of hydrazone groups is 1. The molecule has 21 heavy (non-hydrogen) atoms. The summed E-state index contributed by atoms with van der Waals surface area (Å²) < 4.78 is 0. The van der Waals surface area contributed by atoms with Gasteiger partial charge in [0, 0.05) is 0 Å². The van der Waals surface area contributed by atoms with Crippen LogP contribution >= 0.6 is 0 Å². The molecule has 0 radical (unpaired) electrons. The normalized spacial score (nSPS) is 12.3. The summed E-state index contributed by atoms with van der Waals surface area (Å²) in [7, 11) is 0. The second-order valence-corrected chi connectivity index (χ2v) is 5.04. The van der Waals surface area contributed by atoms with Crippen molar-refractivity contribution in [1.29, 1.82) is 0 Å². The first-order valence-electron chi connectivity index (χ1n) is 6.78. The fourth-order valence-electron chi connectivity index (χ4n) is 2.14. The van der Waals surface area contributed by atoms with E-state index in [9.17, 15) is 4.79 Å². The highest BCUT2D eigenvalue weighted by molar-refractivity contribution is 5.85. The lowest BCUT2D eigenvalue weighted by atomic mass is 10.1. The number of rotatable bonds is 4.